The summed E-state index contributed by atoms with van der Waals surface area (Å²) in [4.78, 5) is 43.3. The second-order valence-corrected chi connectivity index (χ2v) is 10.8. The van der Waals surface area contributed by atoms with Crippen molar-refractivity contribution in [3.63, 3.8) is 0 Å². The molecule has 0 saturated carbocycles. The van der Waals surface area contributed by atoms with Crippen LogP contribution in [-0.4, -0.2) is 23.6 Å². The summed E-state index contributed by atoms with van der Waals surface area (Å²) in [6.07, 6.45) is 0.444. The van der Waals surface area contributed by atoms with Gasteiger partial charge in [0.05, 0.1) is 5.92 Å². The van der Waals surface area contributed by atoms with E-state index in [1.54, 1.807) is 24.3 Å². The van der Waals surface area contributed by atoms with Crippen LogP contribution in [0, 0.1) is 5.92 Å². The van der Waals surface area contributed by atoms with Crippen molar-refractivity contribution in [2.24, 2.45) is 5.92 Å². The van der Waals surface area contributed by atoms with Crippen LogP contribution in [-0.2, 0) is 27.0 Å². The minimum absolute atomic E-state index is 0.221. The predicted octanol–water partition coefficient (Wildman–Crippen LogP) is 5.09. The Morgan fingerprint density at radius 3 is 2.03 bits per heavy atom. The highest BCUT2D eigenvalue weighted by molar-refractivity contribution is 6.30. The monoisotopic (exact) mass is 533 g/mol. The zero-order valence-corrected chi connectivity index (χ0v) is 21.5. The number of rotatable bonds is 4. The zero-order chi connectivity index (χ0) is 26.8. The third-order valence-electron chi connectivity index (χ3n) is 8.45. The summed E-state index contributed by atoms with van der Waals surface area (Å²) in [6.45, 7) is 0. The van der Waals surface area contributed by atoms with E-state index < -0.39 is 22.9 Å². The number of amides is 2. The van der Waals surface area contributed by atoms with Gasteiger partial charge in [-0.05, 0) is 53.9 Å². The van der Waals surface area contributed by atoms with E-state index in [4.69, 9.17) is 11.6 Å². The molecule has 3 aliphatic rings. The molecular weight excluding hydrogens is 510 g/mol. The van der Waals surface area contributed by atoms with Crippen LogP contribution in [0.2, 0.25) is 5.02 Å². The van der Waals surface area contributed by atoms with Gasteiger partial charge in [-0.1, -0.05) is 78.3 Å². The van der Waals surface area contributed by atoms with Crippen molar-refractivity contribution < 1.29 is 14.4 Å². The van der Waals surface area contributed by atoms with Crippen LogP contribution < -0.4 is 16.0 Å². The Morgan fingerprint density at radius 1 is 0.718 bits per heavy atom. The van der Waals surface area contributed by atoms with E-state index >= 15 is 0 Å². The van der Waals surface area contributed by atoms with Gasteiger partial charge in [0.1, 0.15) is 11.0 Å². The average Bonchev–Trinajstić information content (AvgIpc) is 3.53. The van der Waals surface area contributed by atoms with Crippen molar-refractivity contribution in [1.82, 2.24) is 5.32 Å². The van der Waals surface area contributed by atoms with Crippen molar-refractivity contribution in [3.05, 3.63) is 130 Å². The van der Waals surface area contributed by atoms with Gasteiger partial charge >= 0.3 is 0 Å². The van der Waals surface area contributed by atoms with E-state index in [9.17, 15) is 14.4 Å². The molecule has 0 aliphatic carbocycles. The number of anilines is 2. The van der Waals surface area contributed by atoms with Gasteiger partial charge in [-0.3, -0.25) is 19.7 Å². The average molecular weight is 534 g/mol. The molecule has 39 heavy (non-hydrogen) atoms. The lowest BCUT2D eigenvalue weighted by atomic mass is 9.57. The number of nitrogens with one attached hydrogen (secondary N) is 3. The highest BCUT2D eigenvalue weighted by Crippen LogP contribution is 2.62. The van der Waals surface area contributed by atoms with Crippen molar-refractivity contribution in [2.45, 2.75) is 23.4 Å². The summed E-state index contributed by atoms with van der Waals surface area (Å²) < 4.78 is 0. The molecule has 4 atom stereocenters. The molecule has 1 fully saturated rings. The molecule has 1 saturated heterocycles. The number of hydrogen-bond donors (Lipinski definition) is 3. The number of carbonyl (C=O) groups is 3. The van der Waals surface area contributed by atoms with Crippen LogP contribution in [0.1, 0.15) is 27.0 Å². The number of carbonyl (C=O) groups excluding carboxylic acids is 3. The van der Waals surface area contributed by atoms with E-state index in [1.807, 2.05) is 78.9 Å². The van der Waals surface area contributed by atoms with Gasteiger partial charge in [-0.2, -0.15) is 0 Å². The number of halogens is 1. The van der Waals surface area contributed by atoms with Gasteiger partial charge in [-0.15, -0.1) is 0 Å². The van der Waals surface area contributed by atoms with Crippen LogP contribution in [0.25, 0.3) is 0 Å². The first-order valence-corrected chi connectivity index (χ1v) is 13.3. The van der Waals surface area contributed by atoms with E-state index in [0.29, 0.717) is 39.5 Å². The van der Waals surface area contributed by atoms with Crippen LogP contribution in [0.15, 0.2) is 103 Å². The standard InChI is InChI=1S/C32H24ClN3O3/c33-21-16-14-20(15-17-21)28(37)27-26(18-19-8-2-1-3-9-19)36-32(23-11-5-7-13-25(23)35-30(32)39)31(27)22-10-4-6-12-24(22)34-29(31)38/h1-17,26-27,36H,18H2,(H,34,38)(H,35,39)/t26-,27+,31+,32-/m0/s1. The zero-order valence-electron chi connectivity index (χ0n) is 20.8. The Morgan fingerprint density at radius 2 is 1.31 bits per heavy atom. The Bertz CT molecular complexity index is 1660. The highest BCUT2D eigenvalue weighted by Gasteiger charge is 2.77. The normalized spacial score (nSPS) is 26.4. The second-order valence-electron chi connectivity index (χ2n) is 10.3. The fraction of sp³-hybridized carbons (Fsp3) is 0.156. The van der Waals surface area contributed by atoms with E-state index in [0.717, 1.165) is 5.56 Å². The molecule has 6 nitrogen and oxygen atoms in total. The van der Waals surface area contributed by atoms with Crippen LogP contribution >= 0.6 is 11.6 Å². The molecule has 2 amide bonds. The number of fused-ring (bicyclic) bond motifs is 5. The maximum absolute atomic E-state index is 14.6. The minimum Gasteiger partial charge on any atom is -0.325 e. The quantitative estimate of drug-likeness (QED) is 0.319. The molecule has 3 N–H and O–H groups in total. The van der Waals surface area contributed by atoms with Gasteiger partial charge in [-0.25, -0.2) is 0 Å². The van der Waals surface area contributed by atoms with Crippen molar-refractivity contribution in [3.8, 4) is 0 Å². The molecule has 0 bridgehead atoms. The molecule has 7 heteroatoms. The third-order valence-corrected chi connectivity index (χ3v) is 8.70. The lowest BCUT2D eigenvalue weighted by Gasteiger charge is -2.40. The number of hydrogen-bond acceptors (Lipinski definition) is 4. The number of Topliss-reactive ketones (excluding diaryl/α,β-unsaturated/α-hetero) is 1. The van der Waals surface area contributed by atoms with E-state index in [1.165, 1.54) is 0 Å². The van der Waals surface area contributed by atoms with Gasteiger partial charge < -0.3 is 10.6 Å². The minimum atomic E-state index is -1.55. The summed E-state index contributed by atoms with van der Waals surface area (Å²) in [5, 5.41) is 10.2. The van der Waals surface area contributed by atoms with Gasteiger partial charge in [0.25, 0.3) is 5.91 Å². The Kier molecular flexibility index (Phi) is 5.27. The molecule has 2 spiro atoms. The molecule has 3 aliphatic heterocycles. The fourth-order valence-electron chi connectivity index (χ4n) is 6.97. The van der Waals surface area contributed by atoms with Crippen LogP contribution in [0.5, 0.6) is 0 Å². The van der Waals surface area contributed by atoms with E-state index in [-0.39, 0.29) is 17.6 Å². The Balaban J connectivity index is 1.54. The smallest absolute Gasteiger partial charge is 0.250 e. The lowest BCUT2D eigenvalue weighted by Crippen LogP contribution is -2.61. The molecule has 7 rings (SSSR count). The molecule has 0 unspecified atom stereocenters. The third kappa shape index (κ3) is 3.16. The number of ketones is 1. The maximum atomic E-state index is 14.6. The van der Waals surface area contributed by atoms with Crippen LogP contribution in [0.3, 0.4) is 0 Å². The van der Waals surface area contributed by atoms with Crippen molar-refractivity contribution in [2.75, 3.05) is 10.6 Å². The van der Waals surface area contributed by atoms with Gasteiger partial charge in [0.2, 0.25) is 5.91 Å². The lowest BCUT2D eigenvalue weighted by molar-refractivity contribution is -0.132. The summed E-state index contributed by atoms with van der Waals surface area (Å²) in [5.41, 5.74) is 0.908. The molecule has 4 aromatic carbocycles. The highest BCUT2D eigenvalue weighted by atomic mass is 35.5. The van der Waals surface area contributed by atoms with Gasteiger partial charge in [0.15, 0.2) is 5.78 Å². The van der Waals surface area contributed by atoms with Crippen LogP contribution in [0.4, 0.5) is 11.4 Å². The second kappa shape index (κ2) is 8.63. The Hall–Kier alpha value is -4.26. The number of para-hydroxylation sites is 2. The van der Waals surface area contributed by atoms with Gasteiger partial charge in [0, 0.05) is 33.6 Å². The fourth-order valence-corrected chi connectivity index (χ4v) is 7.10. The molecule has 0 radical (unpaired) electrons. The predicted molar refractivity (Wildman–Crippen MR) is 150 cm³/mol. The maximum Gasteiger partial charge on any atom is 0.250 e. The molecular formula is C32H24ClN3O3. The molecule has 192 valence electrons. The molecule has 4 aromatic rings. The van der Waals surface area contributed by atoms with Crippen molar-refractivity contribution in [1.29, 1.82) is 0 Å². The summed E-state index contributed by atoms with van der Waals surface area (Å²) in [5.74, 6) is -1.84. The first kappa shape index (κ1) is 23.8. The SMILES string of the molecule is O=C(c1ccc(Cl)cc1)[C@H]1[C@H](Cc2ccccc2)N[C@@]2(C(=O)Nc3ccccc32)[C@@]12C(=O)Nc1ccccc12. The molecule has 3 heterocycles. The Labute approximate surface area is 230 Å². The number of benzene rings is 4. The summed E-state index contributed by atoms with van der Waals surface area (Å²) in [6, 6.07) is 30.8. The summed E-state index contributed by atoms with van der Waals surface area (Å²) >= 11 is 6.16. The summed E-state index contributed by atoms with van der Waals surface area (Å²) in [7, 11) is 0. The first-order valence-electron chi connectivity index (χ1n) is 12.9. The molecule has 0 aromatic heterocycles. The first-order chi connectivity index (χ1) is 19.0. The van der Waals surface area contributed by atoms with E-state index in [2.05, 4.69) is 16.0 Å². The largest absolute Gasteiger partial charge is 0.325 e. The topological polar surface area (TPSA) is 87.3 Å². The van der Waals surface area contributed by atoms with Crippen molar-refractivity contribution >= 4 is 40.6 Å².